The lowest BCUT2D eigenvalue weighted by Crippen LogP contribution is -2.39. The molecule has 196 valence electrons. The molecule has 0 N–H and O–H groups in total. The first-order valence-electron chi connectivity index (χ1n) is 11.6. The smallest absolute Gasteiger partial charge is 0.264 e. The van der Waals surface area contributed by atoms with Gasteiger partial charge in [0.15, 0.2) is 11.2 Å². The molecule has 0 saturated carbocycles. The minimum absolute atomic E-state index is 0.246. The van der Waals surface area contributed by atoms with Gasteiger partial charge in [0.25, 0.3) is 10.1 Å². The highest BCUT2D eigenvalue weighted by Crippen LogP contribution is 2.42. The predicted octanol–water partition coefficient (Wildman–Crippen LogP) is 3.52. The van der Waals surface area contributed by atoms with E-state index in [-0.39, 0.29) is 6.61 Å². The number of benzene rings is 2. The van der Waals surface area contributed by atoms with E-state index >= 15 is 0 Å². The molecule has 10 nitrogen and oxygen atoms in total. The van der Waals surface area contributed by atoms with Gasteiger partial charge >= 0.3 is 0 Å². The number of fused-ring (bicyclic) bond motifs is 1. The Morgan fingerprint density at radius 3 is 2.34 bits per heavy atom. The molecule has 0 radical (unpaired) electrons. The number of rotatable bonds is 9. The van der Waals surface area contributed by atoms with Crippen molar-refractivity contribution in [2.75, 3.05) is 20.0 Å². The van der Waals surface area contributed by atoms with E-state index in [1.165, 1.54) is 6.92 Å². The van der Waals surface area contributed by atoms with Gasteiger partial charge in [-0.05, 0) is 61.0 Å². The van der Waals surface area contributed by atoms with E-state index in [9.17, 15) is 13.2 Å². The van der Waals surface area contributed by atoms with Crippen molar-refractivity contribution in [1.29, 1.82) is 0 Å². The Morgan fingerprint density at radius 2 is 1.66 bits per heavy atom. The third-order valence-corrected chi connectivity index (χ3v) is 6.55. The summed E-state index contributed by atoms with van der Waals surface area (Å²) >= 11 is 0. The van der Waals surface area contributed by atoms with Crippen molar-refractivity contribution in [2.24, 2.45) is 0 Å². The molecule has 0 saturated heterocycles. The van der Waals surface area contributed by atoms with Crippen LogP contribution in [0.15, 0.2) is 73.1 Å². The largest absolute Gasteiger partial charge is 0.497 e. The summed E-state index contributed by atoms with van der Waals surface area (Å²) in [6.07, 6.45) is 4.36. The van der Waals surface area contributed by atoms with Gasteiger partial charge in [-0.15, -0.1) is 0 Å². The number of carbonyl (C=O) groups is 1. The van der Waals surface area contributed by atoms with Gasteiger partial charge < -0.3 is 14.2 Å². The van der Waals surface area contributed by atoms with Crippen LogP contribution in [0.3, 0.4) is 0 Å². The van der Waals surface area contributed by atoms with Crippen molar-refractivity contribution in [2.45, 2.75) is 19.1 Å². The maximum atomic E-state index is 13.6. The van der Waals surface area contributed by atoms with E-state index in [1.807, 2.05) is 12.1 Å². The normalized spacial score (nSPS) is 17.6. The predicted molar refractivity (Wildman–Crippen MR) is 139 cm³/mol. The molecule has 11 heteroatoms. The summed E-state index contributed by atoms with van der Waals surface area (Å²) in [6, 6.07) is 17.8. The molecule has 0 fully saturated rings. The van der Waals surface area contributed by atoms with Gasteiger partial charge in [-0.1, -0.05) is 12.1 Å². The summed E-state index contributed by atoms with van der Waals surface area (Å²) in [5.74, 6) is 1.16. The van der Waals surface area contributed by atoms with Crippen LogP contribution >= 0.6 is 0 Å². The van der Waals surface area contributed by atoms with Crippen molar-refractivity contribution in [1.82, 2.24) is 14.6 Å². The number of carbonyl (C=O) groups excluding carboxylic acids is 1. The van der Waals surface area contributed by atoms with Gasteiger partial charge in [0.05, 0.1) is 24.6 Å². The molecule has 1 unspecified atom stereocenters. The summed E-state index contributed by atoms with van der Waals surface area (Å²) in [5.41, 5.74) is 1.49. The van der Waals surface area contributed by atoms with Crippen LogP contribution in [0.4, 0.5) is 0 Å². The van der Waals surface area contributed by atoms with Crippen molar-refractivity contribution in [3.8, 4) is 11.5 Å². The van der Waals surface area contributed by atoms with Crippen LogP contribution in [-0.2, 0) is 30.4 Å². The zero-order valence-corrected chi connectivity index (χ0v) is 21.8. The zero-order chi connectivity index (χ0) is 26.9. The van der Waals surface area contributed by atoms with Gasteiger partial charge in [0.2, 0.25) is 5.78 Å². The summed E-state index contributed by atoms with van der Waals surface area (Å²) in [6.45, 7) is 1.30. The summed E-state index contributed by atoms with van der Waals surface area (Å²) in [4.78, 5) is 17.8. The number of ether oxygens (including phenoxy) is 3. The van der Waals surface area contributed by atoms with E-state index in [4.69, 9.17) is 18.4 Å². The lowest BCUT2D eigenvalue weighted by molar-refractivity contribution is -0.128. The Labute approximate surface area is 219 Å². The van der Waals surface area contributed by atoms with Gasteiger partial charge in [0, 0.05) is 18.0 Å². The van der Waals surface area contributed by atoms with Crippen molar-refractivity contribution < 1.29 is 31.6 Å². The van der Waals surface area contributed by atoms with Crippen molar-refractivity contribution >= 4 is 32.9 Å². The fourth-order valence-corrected chi connectivity index (χ4v) is 4.46. The van der Waals surface area contributed by atoms with Gasteiger partial charge in [-0.2, -0.15) is 13.5 Å². The maximum Gasteiger partial charge on any atom is 0.264 e. The first kappa shape index (κ1) is 25.4. The second kappa shape index (κ2) is 9.92. The van der Waals surface area contributed by atoms with Crippen LogP contribution in [0.25, 0.3) is 17.0 Å². The molecule has 2 aromatic carbocycles. The molecule has 5 rings (SSSR count). The van der Waals surface area contributed by atoms with E-state index < -0.39 is 28.1 Å². The molecule has 4 aromatic rings. The fraction of sp³-hybridized carbons (Fsp3) is 0.222. The van der Waals surface area contributed by atoms with Crippen LogP contribution in [0.5, 0.6) is 11.5 Å². The average Bonchev–Trinajstić information content (AvgIpc) is 3.48. The Balaban J connectivity index is 1.41. The number of nitrogens with zero attached hydrogens (tertiary/aromatic N) is 3. The Morgan fingerprint density at radius 1 is 0.974 bits per heavy atom. The highest BCUT2D eigenvalue weighted by atomic mass is 32.2. The molecule has 0 aliphatic carbocycles. The number of methoxy groups -OCH3 is 1. The van der Waals surface area contributed by atoms with Crippen LogP contribution in [0, 0.1) is 0 Å². The second-order valence-electron chi connectivity index (χ2n) is 8.93. The average molecular weight is 536 g/mol. The standard InChI is InChI=1S/C27H25N3O7S/c1-27(17-36-38(3,32)33)26(31)24(25(37-27)19-6-9-21(34-2)10-7-19)18-4-11-22(12-5-18)35-16-20-8-13-23-28-14-15-30(23)29-20/h4-15H,16-17H2,1-3H3. The van der Waals surface area contributed by atoms with Crippen LogP contribution in [0.2, 0.25) is 0 Å². The quantitative estimate of drug-likeness (QED) is 0.297. The second-order valence-corrected chi connectivity index (χ2v) is 10.6. The summed E-state index contributed by atoms with van der Waals surface area (Å²) < 4.78 is 47.1. The maximum absolute atomic E-state index is 13.6. The summed E-state index contributed by atoms with van der Waals surface area (Å²) in [7, 11) is -2.22. The number of hydrogen-bond donors (Lipinski definition) is 0. The Kier molecular flexibility index (Phi) is 6.64. The molecule has 1 aliphatic rings. The van der Waals surface area contributed by atoms with E-state index in [0.717, 1.165) is 17.6 Å². The molecular weight excluding hydrogens is 510 g/mol. The monoisotopic (exact) mass is 535 g/mol. The van der Waals surface area contributed by atoms with E-state index in [0.29, 0.717) is 34.0 Å². The number of imidazole rings is 1. The molecule has 38 heavy (non-hydrogen) atoms. The number of aromatic nitrogens is 3. The molecular formula is C27H25N3O7S. The van der Waals surface area contributed by atoms with E-state index in [1.54, 1.807) is 72.5 Å². The highest BCUT2D eigenvalue weighted by molar-refractivity contribution is 7.86. The van der Waals surface area contributed by atoms with Crippen LogP contribution in [0.1, 0.15) is 23.7 Å². The summed E-state index contributed by atoms with van der Waals surface area (Å²) in [5, 5.41) is 4.44. The molecule has 0 amide bonds. The Hall–Kier alpha value is -4.22. The SMILES string of the molecule is COc1ccc(C2=C(c3ccc(OCc4ccc5nccn5n4)cc3)C(=O)C(C)(COS(C)(=O)=O)O2)cc1. The van der Waals surface area contributed by atoms with E-state index in [2.05, 4.69) is 10.1 Å². The highest BCUT2D eigenvalue weighted by Gasteiger charge is 2.47. The number of hydrogen-bond acceptors (Lipinski definition) is 9. The minimum Gasteiger partial charge on any atom is -0.497 e. The third kappa shape index (κ3) is 5.24. The molecule has 1 aliphatic heterocycles. The lowest BCUT2D eigenvalue weighted by Gasteiger charge is -2.23. The molecule has 1 atom stereocenters. The molecule has 0 spiro atoms. The fourth-order valence-electron chi connectivity index (χ4n) is 4.02. The van der Waals surface area contributed by atoms with Gasteiger partial charge in [-0.25, -0.2) is 9.50 Å². The molecule has 3 heterocycles. The zero-order valence-electron chi connectivity index (χ0n) is 21.0. The van der Waals surface area contributed by atoms with Crippen molar-refractivity contribution in [3.05, 3.63) is 89.9 Å². The third-order valence-electron chi connectivity index (χ3n) is 6.00. The topological polar surface area (TPSA) is 118 Å². The van der Waals surface area contributed by atoms with Gasteiger partial charge in [0.1, 0.15) is 30.5 Å². The first-order valence-corrected chi connectivity index (χ1v) is 13.5. The first-order chi connectivity index (χ1) is 18.1. The number of ketones is 1. The van der Waals surface area contributed by atoms with Gasteiger partial charge in [-0.3, -0.25) is 8.98 Å². The Bertz CT molecular complexity index is 1630. The van der Waals surface area contributed by atoms with Crippen molar-refractivity contribution in [3.63, 3.8) is 0 Å². The van der Waals surface area contributed by atoms with Crippen LogP contribution in [-0.4, -0.2) is 54.4 Å². The lowest BCUT2D eigenvalue weighted by atomic mass is 9.92. The minimum atomic E-state index is -3.78. The van der Waals surface area contributed by atoms with Crippen LogP contribution < -0.4 is 9.47 Å². The molecule has 0 bridgehead atoms. The molecule has 2 aromatic heterocycles. The number of Topliss-reactive ketones (excluding diaryl/α,β-unsaturated/α-hetero) is 1.